The Morgan fingerprint density at radius 2 is 1.65 bits per heavy atom. The van der Waals surface area contributed by atoms with E-state index in [0.717, 1.165) is 16.8 Å². The Morgan fingerprint density at radius 3 is 2.21 bits per heavy atom. The summed E-state index contributed by atoms with van der Waals surface area (Å²) in [6, 6.07) is 8.21. The molecule has 2 atom stereocenters. The lowest BCUT2D eigenvalue weighted by Gasteiger charge is -2.22. The number of carbonyl (C=O) groups is 4. The molecule has 2 aromatic rings. The summed E-state index contributed by atoms with van der Waals surface area (Å²) in [5.41, 5.74) is 8.11. The van der Waals surface area contributed by atoms with Crippen LogP contribution in [0.3, 0.4) is 0 Å². The molecular weight excluding hydrogens is 442 g/mol. The van der Waals surface area contributed by atoms with Crippen LogP contribution < -0.4 is 16.4 Å². The maximum Gasteiger partial charge on any atom is 0.303 e. The molecule has 1 aromatic heterocycles. The number of carboxylic acids is 2. The van der Waals surface area contributed by atoms with Gasteiger partial charge in [-0.25, -0.2) is 0 Å². The third kappa shape index (κ3) is 9.41. The highest BCUT2D eigenvalue weighted by atomic mass is 16.4. The van der Waals surface area contributed by atoms with Crippen LogP contribution in [0.2, 0.25) is 0 Å². The number of amides is 2. The number of rotatable bonds is 15. The zero-order chi connectivity index (χ0) is 25.1. The summed E-state index contributed by atoms with van der Waals surface area (Å²) in [5.74, 6) is -3.03. The van der Waals surface area contributed by atoms with Gasteiger partial charge in [-0.3, -0.25) is 23.9 Å². The van der Waals surface area contributed by atoms with Crippen molar-refractivity contribution in [3.63, 3.8) is 0 Å². The summed E-state index contributed by atoms with van der Waals surface area (Å²) in [7, 11) is 1.85. The fourth-order valence-corrected chi connectivity index (χ4v) is 3.39. The molecule has 0 fully saturated rings. The summed E-state index contributed by atoms with van der Waals surface area (Å²) < 4.78 is 1.72. The predicted octanol–water partition coefficient (Wildman–Crippen LogP) is 0.678. The van der Waals surface area contributed by atoms with Crippen molar-refractivity contribution >= 4 is 23.8 Å². The number of carboxylic acid groups (broad SMARTS) is 2. The van der Waals surface area contributed by atoms with E-state index < -0.39 is 29.9 Å². The number of benzene rings is 1. The summed E-state index contributed by atoms with van der Waals surface area (Å²) >= 11 is 0. The van der Waals surface area contributed by atoms with Crippen LogP contribution in [-0.2, 0) is 32.6 Å². The molecule has 0 bridgehead atoms. The van der Waals surface area contributed by atoms with Crippen LogP contribution in [0.25, 0.3) is 11.3 Å². The number of nitrogens with one attached hydrogen (secondary N) is 2. The van der Waals surface area contributed by atoms with Gasteiger partial charge < -0.3 is 26.6 Å². The molecule has 0 aliphatic rings. The van der Waals surface area contributed by atoms with Gasteiger partial charge in [0.1, 0.15) is 0 Å². The van der Waals surface area contributed by atoms with Gasteiger partial charge in [-0.1, -0.05) is 24.3 Å². The van der Waals surface area contributed by atoms with Crippen molar-refractivity contribution in [3.8, 4) is 11.3 Å². The zero-order valence-corrected chi connectivity index (χ0v) is 19.1. The van der Waals surface area contributed by atoms with Gasteiger partial charge in [0.2, 0.25) is 11.8 Å². The lowest BCUT2D eigenvalue weighted by molar-refractivity contribution is -0.138. The van der Waals surface area contributed by atoms with Crippen molar-refractivity contribution in [2.45, 2.75) is 50.6 Å². The van der Waals surface area contributed by atoms with Gasteiger partial charge >= 0.3 is 11.9 Å². The highest BCUT2D eigenvalue weighted by Gasteiger charge is 2.20. The number of primary amides is 1. The second-order valence-corrected chi connectivity index (χ2v) is 8.06. The Balaban J connectivity index is 1.89. The third-order valence-electron chi connectivity index (χ3n) is 5.28. The second kappa shape index (κ2) is 13.1. The molecule has 34 heavy (non-hydrogen) atoms. The van der Waals surface area contributed by atoms with E-state index in [9.17, 15) is 19.2 Å². The average Bonchev–Trinajstić information content (AvgIpc) is 3.21. The van der Waals surface area contributed by atoms with E-state index >= 15 is 0 Å². The van der Waals surface area contributed by atoms with Crippen LogP contribution in [0, 0.1) is 0 Å². The number of aliphatic carboxylic acids is 2. The molecule has 0 spiro atoms. The molecule has 6 N–H and O–H groups in total. The van der Waals surface area contributed by atoms with Crippen LogP contribution in [-0.4, -0.2) is 62.4 Å². The van der Waals surface area contributed by atoms with Gasteiger partial charge in [-0.05, 0) is 30.9 Å². The Hall–Kier alpha value is -3.73. The predicted molar refractivity (Wildman–Crippen MR) is 124 cm³/mol. The van der Waals surface area contributed by atoms with E-state index in [2.05, 4.69) is 15.7 Å². The number of hydrogen-bond donors (Lipinski definition) is 5. The minimum atomic E-state index is -1.06. The minimum Gasteiger partial charge on any atom is -0.481 e. The van der Waals surface area contributed by atoms with Crippen LogP contribution in [0.5, 0.6) is 0 Å². The molecule has 0 aliphatic carbocycles. The van der Waals surface area contributed by atoms with E-state index in [-0.39, 0.29) is 44.6 Å². The molecule has 0 aliphatic heterocycles. The smallest absolute Gasteiger partial charge is 0.303 e. The molecule has 0 saturated carbocycles. The largest absolute Gasteiger partial charge is 0.481 e. The van der Waals surface area contributed by atoms with Gasteiger partial charge in [-0.15, -0.1) is 0 Å². The fourth-order valence-electron chi connectivity index (χ4n) is 3.39. The minimum absolute atomic E-state index is 0.00123. The standard InChI is InChI=1S/C23H31N5O6/c1-28-13-12-18(27-28)16-5-2-15(3-6-16)4-9-20(29)26-17(7-10-21(30)31)14-25-19(23(24)34)8-11-22(32)33/h2-3,5-6,12-13,17,19,25H,4,7-11,14H2,1H3,(H2,24,34)(H,26,29)(H,30,31)(H,32,33)/t17-,19-/m0/s1. The molecule has 11 heteroatoms. The molecule has 0 saturated heterocycles. The number of carbonyl (C=O) groups excluding carboxylic acids is 2. The van der Waals surface area contributed by atoms with Crippen LogP contribution in [0.1, 0.15) is 37.7 Å². The van der Waals surface area contributed by atoms with Crippen LogP contribution in [0.4, 0.5) is 0 Å². The van der Waals surface area contributed by atoms with E-state index in [1.54, 1.807) is 4.68 Å². The van der Waals surface area contributed by atoms with Crippen molar-refractivity contribution in [2.24, 2.45) is 12.8 Å². The van der Waals surface area contributed by atoms with Gasteiger partial charge in [0.15, 0.2) is 0 Å². The third-order valence-corrected chi connectivity index (χ3v) is 5.28. The summed E-state index contributed by atoms with van der Waals surface area (Å²) in [5, 5.41) is 27.8. The normalized spacial score (nSPS) is 12.6. The summed E-state index contributed by atoms with van der Waals surface area (Å²) in [6.07, 6.45) is 2.29. The van der Waals surface area contributed by atoms with Gasteiger partial charge in [0.25, 0.3) is 0 Å². The van der Waals surface area contributed by atoms with Gasteiger partial charge in [0, 0.05) is 50.7 Å². The molecule has 1 heterocycles. The first-order chi connectivity index (χ1) is 16.1. The zero-order valence-electron chi connectivity index (χ0n) is 19.1. The van der Waals surface area contributed by atoms with Crippen molar-refractivity contribution in [3.05, 3.63) is 42.1 Å². The van der Waals surface area contributed by atoms with Crippen molar-refractivity contribution in [1.29, 1.82) is 0 Å². The number of hydrogen-bond acceptors (Lipinski definition) is 6. The summed E-state index contributed by atoms with van der Waals surface area (Å²) in [4.78, 5) is 45.8. The first kappa shape index (κ1) is 26.5. The molecule has 0 radical (unpaired) electrons. The molecular formula is C23H31N5O6. The van der Waals surface area contributed by atoms with E-state index in [1.165, 1.54) is 0 Å². The molecule has 184 valence electrons. The average molecular weight is 474 g/mol. The van der Waals surface area contributed by atoms with Crippen molar-refractivity contribution in [1.82, 2.24) is 20.4 Å². The monoisotopic (exact) mass is 473 g/mol. The lowest BCUT2D eigenvalue weighted by atomic mass is 10.0. The molecule has 11 nitrogen and oxygen atoms in total. The van der Waals surface area contributed by atoms with Crippen LogP contribution in [0.15, 0.2) is 36.5 Å². The van der Waals surface area contributed by atoms with Gasteiger partial charge in [-0.2, -0.15) is 5.10 Å². The molecule has 2 amide bonds. The quantitative estimate of drug-likeness (QED) is 0.251. The van der Waals surface area contributed by atoms with Gasteiger partial charge in [0.05, 0.1) is 11.7 Å². The fraction of sp³-hybridized carbons (Fsp3) is 0.435. The van der Waals surface area contributed by atoms with E-state index in [1.807, 2.05) is 43.6 Å². The Kier molecular flexibility index (Phi) is 10.2. The summed E-state index contributed by atoms with van der Waals surface area (Å²) in [6.45, 7) is 0.0883. The van der Waals surface area contributed by atoms with Crippen LogP contribution >= 0.6 is 0 Å². The lowest BCUT2D eigenvalue weighted by Crippen LogP contribution is -2.49. The molecule has 1 aromatic carbocycles. The number of nitrogens with two attached hydrogens (primary N) is 1. The Labute approximate surface area is 197 Å². The van der Waals surface area contributed by atoms with E-state index in [4.69, 9.17) is 15.9 Å². The van der Waals surface area contributed by atoms with Crippen molar-refractivity contribution in [2.75, 3.05) is 6.54 Å². The second-order valence-electron chi connectivity index (χ2n) is 8.06. The topological polar surface area (TPSA) is 177 Å². The Bertz CT molecular complexity index is 988. The number of aryl methyl sites for hydroxylation is 2. The first-order valence-corrected chi connectivity index (χ1v) is 11.0. The number of nitrogens with zero attached hydrogens (tertiary/aromatic N) is 2. The highest BCUT2D eigenvalue weighted by molar-refractivity contribution is 5.80. The first-order valence-electron chi connectivity index (χ1n) is 11.0. The maximum absolute atomic E-state index is 12.5. The highest BCUT2D eigenvalue weighted by Crippen LogP contribution is 2.18. The molecule has 0 unspecified atom stereocenters. The van der Waals surface area contributed by atoms with Crippen molar-refractivity contribution < 1.29 is 29.4 Å². The maximum atomic E-state index is 12.5. The SMILES string of the molecule is Cn1ccc(-c2ccc(CCC(=O)N[C@@H](CCC(=O)O)CN[C@@H](CCC(=O)O)C(N)=O)cc2)n1. The Morgan fingerprint density at radius 1 is 1.00 bits per heavy atom. The number of aromatic nitrogens is 2. The molecule has 2 rings (SSSR count). The van der Waals surface area contributed by atoms with E-state index in [0.29, 0.717) is 6.42 Å².